The van der Waals surface area contributed by atoms with Crippen LogP contribution in [0.25, 0.3) is 5.76 Å². The fourth-order valence-electron chi connectivity index (χ4n) is 4.21. The lowest BCUT2D eigenvalue weighted by atomic mass is 9.94. The summed E-state index contributed by atoms with van der Waals surface area (Å²) in [7, 11) is 3.04. The van der Waals surface area contributed by atoms with Gasteiger partial charge in [0.2, 0.25) is 0 Å². The zero-order valence-electron chi connectivity index (χ0n) is 20.2. The molecule has 1 fully saturated rings. The molecule has 1 amide bonds. The number of amides is 1. The Kier molecular flexibility index (Phi) is 7.24. The van der Waals surface area contributed by atoms with Crippen LogP contribution in [0, 0.1) is 5.82 Å². The highest BCUT2D eigenvalue weighted by molar-refractivity contribution is 6.46. The van der Waals surface area contributed by atoms with Crippen LogP contribution in [0.3, 0.4) is 0 Å². The van der Waals surface area contributed by atoms with E-state index in [2.05, 4.69) is 0 Å². The minimum absolute atomic E-state index is 0.0326. The zero-order valence-corrected chi connectivity index (χ0v) is 20.2. The number of hydrogen-bond acceptors (Lipinski definition) is 6. The molecule has 4 rings (SSSR count). The summed E-state index contributed by atoms with van der Waals surface area (Å²) in [5.74, 6) is -0.793. The topological polar surface area (TPSA) is 85.3 Å². The normalized spacial score (nSPS) is 16.8. The zero-order chi connectivity index (χ0) is 25.8. The molecular weight excluding hydrogens is 465 g/mol. The van der Waals surface area contributed by atoms with E-state index in [1.54, 1.807) is 54.6 Å². The predicted octanol–water partition coefficient (Wildman–Crippen LogP) is 4.86. The number of benzene rings is 3. The fourth-order valence-corrected chi connectivity index (χ4v) is 4.21. The molecule has 1 aliphatic rings. The van der Waals surface area contributed by atoms with Crippen molar-refractivity contribution in [1.82, 2.24) is 4.90 Å². The van der Waals surface area contributed by atoms with E-state index in [1.807, 2.05) is 6.92 Å². The van der Waals surface area contributed by atoms with Crippen molar-refractivity contribution in [2.45, 2.75) is 19.5 Å². The number of carbonyl (C=O) groups is 2. The average Bonchev–Trinajstić information content (AvgIpc) is 3.14. The molecule has 36 heavy (non-hydrogen) atoms. The molecule has 3 aromatic rings. The van der Waals surface area contributed by atoms with Gasteiger partial charge in [0.25, 0.3) is 11.7 Å². The highest BCUT2D eigenvalue weighted by Gasteiger charge is 2.46. The highest BCUT2D eigenvalue weighted by Crippen LogP contribution is 2.42. The van der Waals surface area contributed by atoms with E-state index >= 15 is 0 Å². The molecule has 1 aliphatic heterocycles. The lowest BCUT2D eigenvalue weighted by Gasteiger charge is -2.26. The summed E-state index contributed by atoms with van der Waals surface area (Å²) < 4.78 is 29.7. The van der Waals surface area contributed by atoms with Crippen molar-refractivity contribution >= 4 is 17.4 Å². The number of aliphatic hydroxyl groups excluding tert-OH is 1. The van der Waals surface area contributed by atoms with Crippen LogP contribution < -0.4 is 14.2 Å². The van der Waals surface area contributed by atoms with Gasteiger partial charge in [-0.2, -0.15) is 0 Å². The molecule has 1 heterocycles. The van der Waals surface area contributed by atoms with Gasteiger partial charge in [-0.25, -0.2) is 4.39 Å². The van der Waals surface area contributed by atoms with E-state index in [0.717, 1.165) is 0 Å². The number of ether oxygens (including phenoxy) is 3. The van der Waals surface area contributed by atoms with Crippen LogP contribution in [-0.2, 0) is 16.1 Å². The Morgan fingerprint density at radius 3 is 2.25 bits per heavy atom. The summed E-state index contributed by atoms with van der Waals surface area (Å²) >= 11 is 0. The second-order valence-corrected chi connectivity index (χ2v) is 8.13. The molecular formula is C28H26FNO6. The van der Waals surface area contributed by atoms with Gasteiger partial charge < -0.3 is 24.2 Å². The van der Waals surface area contributed by atoms with Gasteiger partial charge in [0.05, 0.1) is 32.4 Å². The molecule has 1 unspecified atom stereocenters. The van der Waals surface area contributed by atoms with Crippen LogP contribution in [0.1, 0.15) is 29.7 Å². The van der Waals surface area contributed by atoms with E-state index in [0.29, 0.717) is 40.5 Å². The van der Waals surface area contributed by atoms with Crippen LogP contribution in [0.15, 0.2) is 72.3 Å². The molecule has 1 N–H and O–H groups in total. The number of ketones is 1. The largest absolute Gasteiger partial charge is 0.507 e. The minimum Gasteiger partial charge on any atom is -0.507 e. The van der Waals surface area contributed by atoms with Crippen molar-refractivity contribution < 1.29 is 33.3 Å². The van der Waals surface area contributed by atoms with Crippen LogP contribution in [0.5, 0.6) is 17.2 Å². The van der Waals surface area contributed by atoms with Gasteiger partial charge in [-0.15, -0.1) is 0 Å². The molecule has 7 nitrogen and oxygen atoms in total. The second-order valence-electron chi connectivity index (χ2n) is 8.13. The Morgan fingerprint density at radius 2 is 1.64 bits per heavy atom. The van der Waals surface area contributed by atoms with E-state index < -0.39 is 23.5 Å². The van der Waals surface area contributed by atoms with E-state index in [1.165, 1.54) is 31.3 Å². The van der Waals surface area contributed by atoms with Gasteiger partial charge in [0.1, 0.15) is 17.3 Å². The number of methoxy groups -OCH3 is 2. The molecule has 0 bridgehead atoms. The van der Waals surface area contributed by atoms with Crippen molar-refractivity contribution in [3.8, 4) is 17.2 Å². The summed E-state index contributed by atoms with van der Waals surface area (Å²) in [6.45, 7) is 2.24. The van der Waals surface area contributed by atoms with Crippen molar-refractivity contribution in [1.29, 1.82) is 0 Å². The number of aliphatic hydroxyl groups is 1. The standard InChI is InChI=1S/C28H26FNO6/c1-4-36-23-15-19(9-14-22(23)35-3)25-24(26(31)18-7-12-21(34-2)13-8-18)27(32)28(33)30(25)16-17-5-10-20(29)11-6-17/h5-15,25,31H,4,16H2,1-3H3/b26-24-. The Balaban J connectivity index is 1.87. The van der Waals surface area contributed by atoms with Gasteiger partial charge in [-0.3, -0.25) is 9.59 Å². The Hall–Kier alpha value is -4.33. The third-order valence-electron chi connectivity index (χ3n) is 5.97. The third kappa shape index (κ3) is 4.75. The molecule has 0 spiro atoms. The molecule has 0 saturated carbocycles. The maximum Gasteiger partial charge on any atom is 0.295 e. The lowest BCUT2D eigenvalue weighted by Crippen LogP contribution is -2.29. The lowest BCUT2D eigenvalue weighted by molar-refractivity contribution is -0.140. The van der Waals surface area contributed by atoms with Crippen molar-refractivity contribution in [3.05, 3.63) is 94.8 Å². The Labute approximate surface area is 208 Å². The molecule has 1 atom stereocenters. The number of rotatable bonds is 8. The first-order valence-corrected chi connectivity index (χ1v) is 11.4. The van der Waals surface area contributed by atoms with Crippen LogP contribution >= 0.6 is 0 Å². The van der Waals surface area contributed by atoms with Gasteiger partial charge in [-0.05, 0) is 66.6 Å². The van der Waals surface area contributed by atoms with E-state index in [9.17, 15) is 19.1 Å². The van der Waals surface area contributed by atoms with Crippen LogP contribution in [-0.4, -0.2) is 42.5 Å². The van der Waals surface area contributed by atoms with Crippen molar-refractivity contribution in [3.63, 3.8) is 0 Å². The van der Waals surface area contributed by atoms with Gasteiger partial charge in [0.15, 0.2) is 11.5 Å². The maximum atomic E-state index is 13.5. The van der Waals surface area contributed by atoms with Crippen molar-refractivity contribution in [2.75, 3.05) is 20.8 Å². The summed E-state index contributed by atoms with van der Waals surface area (Å²) in [6, 6.07) is 16.4. The number of likely N-dealkylation sites (tertiary alicyclic amines) is 1. The van der Waals surface area contributed by atoms with Gasteiger partial charge in [-0.1, -0.05) is 18.2 Å². The number of halogens is 1. The quantitative estimate of drug-likeness (QED) is 0.275. The summed E-state index contributed by atoms with van der Waals surface area (Å²) in [4.78, 5) is 27.9. The monoisotopic (exact) mass is 491 g/mol. The first-order chi connectivity index (χ1) is 17.4. The predicted molar refractivity (Wildman–Crippen MR) is 131 cm³/mol. The molecule has 0 aliphatic carbocycles. The molecule has 8 heteroatoms. The summed E-state index contributed by atoms with van der Waals surface area (Å²) in [5.41, 5.74) is 1.49. The SMILES string of the molecule is CCOc1cc(C2/C(=C(/O)c3ccc(OC)cc3)C(=O)C(=O)N2Cc2ccc(F)cc2)ccc1OC. The molecule has 0 aromatic heterocycles. The minimum atomic E-state index is -0.915. The van der Waals surface area contributed by atoms with Gasteiger partial charge >= 0.3 is 0 Å². The highest BCUT2D eigenvalue weighted by atomic mass is 19.1. The summed E-state index contributed by atoms with van der Waals surface area (Å²) in [5, 5.41) is 11.2. The Morgan fingerprint density at radius 1 is 0.944 bits per heavy atom. The first kappa shape index (κ1) is 24.8. The number of hydrogen-bond donors (Lipinski definition) is 1. The fraction of sp³-hybridized carbons (Fsp3) is 0.214. The number of carbonyl (C=O) groups excluding carboxylic acids is 2. The molecule has 3 aromatic carbocycles. The first-order valence-electron chi connectivity index (χ1n) is 11.4. The van der Waals surface area contributed by atoms with Crippen LogP contribution in [0.4, 0.5) is 4.39 Å². The summed E-state index contributed by atoms with van der Waals surface area (Å²) in [6.07, 6.45) is 0. The average molecular weight is 492 g/mol. The van der Waals surface area contributed by atoms with E-state index in [4.69, 9.17) is 14.2 Å². The maximum absolute atomic E-state index is 13.5. The number of nitrogens with zero attached hydrogens (tertiary/aromatic N) is 1. The molecule has 1 saturated heterocycles. The van der Waals surface area contributed by atoms with E-state index in [-0.39, 0.29) is 17.9 Å². The second kappa shape index (κ2) is 10.5. The van der Waals surface area contributed by atoms with Gasteiger partial charge in [0, 0.05) is 12.1 Å². The van der Waals surface area contributed by atoms with Crippen molar-refractivity contribution in [2.24, 2.45) is 0 Å². The molecule has 186 valence electrons. The number of Topliss-reactive ketones (excluding diaryl/α,β-unsaturated/α-hetero) is 1. The third-order valence-corrected chi connectivity index (χ3v) is 5.97. The smallest absolute Gasteiger partial charge is 0.295 e. The Bertz CT molecular complexity index is 1300. The van der Waals surface area contributed by atoms with Crippen LogP contribution in [0.2, 0.25) is 0 Å². The molecule has 0 radical (unpaired) electrons.